The van der Waals surface area contributed by atoms with Crippen molar-refractivity contribution < 1.29 is 4.74 Å². The zero-order valence-electron chi connectivity index (χ0n) is 21.6. The second-order valence-corrected chi connectivity index (χ2v) is 9.86. The zero-order valence-corrected chi connectivity index (χ0v) is 21.6. The molecule has 0 saturated heterocycles. The van der Waals surface area contributed by atoms with Crippen molar-refractivity contribution in [1.82, 2.24) is 15.0 Å². The van der Waals surface area contributed by atoms with Crippen LogP contribution in [0.1, 0.15) is 64.1 Å². The first-order valence-corrected chi connectivity index (χ1v) is 13.0. The molecule has 36 heavy (non-hydrogen) atoms. The SMILES string of the molecule is [B]=C(OCC1CCC(C)CC1)c1ccnc2ccc(-c3[nH]cnc3/C(=C/C=C\CC)C(C)C#C)cc12. The van der Waals surface area contributed by atoms with Crippen LogP contribution in [0.4, 0.5) is 0 Å². The van der Waals surface area contributed by atoms with Gasteiger partial charge in [0.25, 0.3) is 0 Å². The predicted molar refractivity (Wildman–Crippen MR) is 152 cm³/mol. The molecule has 1 radical (unpaired) electrons. The van der Waals surface area contributed by atoms with Crippen molar-refractivity contribution in [3.8, 4) is 23.6 Å². The molecule has 1 N–H and O–H groups in total. The summed E-state index contributed by atoms with van der Waals surface area (Å²) in [5.41, 5.74) is 5.95. The van der Waals surface area contributed by atoms with Crippen LogP contribution >= 0.6 is 0 Å². The van der Waals surface area contributed by atoms with E-state index in [4.69, 9.17) is 18.6 Å². The molecule has 0 spiro atoms. The van der Waals surface area contributed by atoms with Crippen molar-refractivity contribution in [1.29, 1.82) is 0 Å². The number of imidazole rings is 1. The molecule has 1 aliphatic carbocycles. The molecule has 1 saturated carbocycles. The average Bonchev–Trinajstić information content (AvgIpc) is 3.39. The summed E-state index contributed by atoms with van der Waals surface area (Å²) >= 11 is 0. The number of nitrogens with zero attached hydrogens (tertiary/aromatic N) is 2. The van der Waals surface area contributed by atoms with Gasteiger partial charge in [-0.15, -0.1) is 0 Å². The average molecular weight is 476 g/mol. The number of ether oxygens (including phenoxy) is 1. The summed E-state index contributed by atoms with van der Waals surface area (Å²) in [7, 11) is 6.49. The fraction of sp³-hybridized carbons (Fsp3) is 0.387. The van der Waals surface area contributed by atoms with Gasteiger partial charge < -0.3 is 0 Å². The molecule has 5 heteroatoms. The molecular weight excluding hydrogens is 441 g/mol. The number of allylic oxidation sites excluding steroid dienone is 4. The maximum absolute atomic E-state index is 6.49. The van der Waals surface area contributed by atoms with Crippen molar-refractivity contribution in [3.63, 3.8) is 0 Å². The van der Waals surface area contributed by atoms with Crippen LogP contribution in [-0.2, 0) is 4.74 Å². The molecule has 0 amide bonds. The number of pyridine rings is 1. The Hall–Kier alpha value is -3.39. The Labute approximate surface area is 216 Å². The van der Waals surface area contributed by atoms with Crippen LogP contribution in [-0.4, -0.2) is 34.7 Å². The van der Waals surface area contributed by atoms with Gasteiger partial charge >= 0.3 is 209 Å². The fourth-order valence-electron chi connectivity index (χ4n) is 4.86. The van der Waals surface area contributed by atoms with Crippen LogP contribution in [0.3, 0.4) is 0 Å². The molecule has 1 aromatic carbocycles. The number of hydrogen-bond donors (Lipinski definition) is 1. The number of hydrogen-bond acceptors (Lipinski definition) is 3. The summed E-state index contributed by atoms with van der Waals surface area (Å²) in [6, 6.07) is 8.10. The van der Waals surface area contributed by atoms with E-state index < -0.39 is 0 Å². The van der Waals surface area contributed by atoms with Gasteiger partial charge in [-0.3, -0.25) is 0 Å². The molecule has 1 fully saturated rings. The fourth-order valence-corrected chi connectivity index (χ4v) is 4.86. The van der Waals surface area contributed by atoms with Gasteiger partial charge in [-0.2, -0.15) is 0 Å². The summed E-state index contributed by atoms with van der Waals surface area (Å²) in [5.74, 6) is 4.17. The van der Waals surface area contributed by atoms with Crippen LogP contribution in [0.15, 0.2) is 55.0 Å². The van der Waals surface area contributed by atoms with Gasteiger partial charge in [0.15, 0.2) is 0 Å². The molecule has 3 aromatic rings. The van der Waals surface area contributed by atoms with E-state index in [0.29, 0.717) is 18.2 Å². The first-order chi connectivity index (χ1) is 17.5. The monoisotopic (exact) mass is 476 g/mol. The second-order valence-electron chi connectivity index (χ2n) is 9.86. The van der Waals surface area contributed by atoms with Crippen molar-refractivity contribution in [3.05, 3.63) is 66.3 Å². The topological polar surface area (TPSA) is 50.8 Å². The number of aromatic amines is 1. The van der Waals surface area contributed by atoms with Gasteiger partial charge in [0.2, 0.25) is 0 Å². The van der Waals surface area contributed by atoms with Gasteiger partial charge in [-0.1, -0.05) is 6.92 Å². The first kappa shape index (κ1) is 25.7. The molecule has 0 bridgehead atoms. The number of rotatable bonds is 9. The van der Waals surface area contributed by atoms with E-state index in [1.807, 2.05) is 25.1 Å². The standard InChI is InChI=1S/C31H35BN3O/c1-5-7-8-9-25(22(4)6-2)30-29(34-20-35-30)24-14-15-28-27(18-24)26(16-17-33-28)31(32)36-19-23-12-10-21(3)11-13-23/h2,7-9,14-18,20-23H,5,10-13,19H2,1,3-4H3,(H,34,35)/b8-7-,25-9+. The zero-order chi connectivity index (χ0) is 25.5. The first-order valence-electron chi connectivity index (χ1n) is 13.0. The van der Waals surface area contributed by atoms with Gasteiger partial charge in [0.05, 0.1) is 0 Å². The van der Waals surface area contributed by atoms with E-state index in [0.717, 1.165) is 51.3 Å². The van der Waals surface area contributed by atoms with Crippen LogP contribution < -0.4 is 0 Å². The van der Waals surface area contributed by atoms with Crippen molar-refractivity contribution in [2.75, 3.05) is 6.61 Å². The Morgan fingerprint density at radius 2 is 2.06 bits per heavy atom. The Morgan fingerprint density at radius 1 is 1.25 bits per heavy atom. The van der Waals surface area contributed by atoms with E-state index in [9.17, 15) is 0 Å². The normalized spacial score (nSPS) is 19.3. The summed E-state index contributed by atoms with van der Waals surface area (Å²) in [6.45, 7) is 7.12. The Balaban J connectivity index is 1.64. The molecule has 4 rings (SSSR count). The molecule has 1 unspecified atom stereocenters. The number of H-pyrrole nitrogens is 1. The van der Waals surface area contributed by atoms with Gasteiger partial charge in [0, 0.05) is 0 Å². The van der Waals surface area contributed by atoms with Gasteiger partial charge in [-0.25, -0.2) is 0 Å². The minimum absolute atomic E-state index is 0.0774. The molecule has 1 atom stereocenters. The van der Waals surface area contributed by atoms with E-state index >= 15 is 0 Å². The predicted octanol–water partition coefficient (Wildman–Crippen LogP) is 6.73. The number of nitrogens with one attached hydrogen (secondary N) is 1. The van der Waals surface area contributed by atoms with Crippen molar-refractivity contribution >= 4 is 29.6 Å². The molecular formula is C31H35BN3O. The van der Waals surface area contributed by atoms with Crippen LogP contribution in [0.25, 0.3) is 27.7 Å². The number of aromatic nitrogens is 3. The van der Waals surface area contributed by atoms with Crippen molar-refractivity contribution in [2.45, 2.75) is 52.9 Å². The Bertz CT molecular complexity index is 1300. The van der Waals surface area contributed by atoms with Gasteiger partial charge in [-0.05, 0) is 0 Å². The van der Waals surface area contributed by atoms with Crippen LogP contribution in [0, 0.1) is 30.1 Å². The quantitative estimate of drug-likeness (QED) is 0.212. The molecule has 0 aliphatic heterocycles. The number of terminal acetylenes is 1. The number of benzene rings is 1. The molecule has 183 valence electrons. The second kappa shape index (κ2) is 12.0. The summed E-state index contributed by atoms with van der Waals surface area (Å²) in [6.07, 6.45) is 21.4. The maximum atomic E-state index is 6.49. The van der Waals surface area contributed by atoms with E-state index in [1.165, 1.54) is 25.7 Å². The van der Waals surface area contributed by atoms with E-state index in [2.05, 4.69) is 59.0 Å². The van der Waals surface area contributed by atoms with E-state index in [-0.39, 0.29) is 5.92 Å². The summed E-state index contributed by atoms with van der Waals surface area (Å²) < 4.78 is 6.11. The molecule has 2 aromatic heterocycles. The Kier molecular flexibility index (Phi) is 8.59. The third kappa shape index (κ3) is 5.87. The summed E-state index contributed by atoms with van der Waals surface area (Å²) in [5, 5.41) is 0.951. The van der Waals surface area contributed by atoms with Gasteiger partial charge in [0.1, 0.15) is 0 Å². The summed E-state index contributed by atoms with van der Waals surface area (Å²) in [4.78, 5) is 12.5. The third-order valence-corrected chi connectivity index (χ3v) is 7.18. The van der Waals surface area contributed by atoms with Crippen LogP contribution in [0.5, 0.6) is 0 Å². The van der Waals surface area contributed by atoms with Crippen molar-refractivity contribution in [2.24, 2.45) is 17.8 Å². The molecule has 4 nitrogen and oxygen atoms in total. The Morgan fingerprint density at radius 3 is 2.81 bits per heavy atom. The third-order valence-electron chi connectivity index (χ3n) is 7.18. The van der Waals surface area contributed by atoms with Crippen LogP contribution in [0.2, 0.25) is 0 Å². The number of fused-ring (bicyclic) bond motifs is 1. The minimum atomic E-state index is -0.0774. The molecule has 1 aliphatic rings. The molecule has 2 heterocycles. The van der Waals surface area contributed by atoms with E-state index in [1.54, 1.807) is 12.5 Å².